The van der Waals surface area contributed by atoms with Crippen molar-refractivity contribution in [3.63, 3.8) is 0 Å². The molecule has 1 saturated carbocycles. The lowest BCUT2D eigenvalue weighted by atomic mass is 10.0. The van der Waals surface area contributed by atoms with Crippen LogP contribution in [0.25, 0.3) is 0 Å². The lowest BCUT2D eigenvalue weighted by molar-refractivity contribution is -0.384. The lowest BCUT2D eigenvalue weighted by Gasteiger charge is -2.29. The first-order chi connectivity index (χ1) is 10.0. The van der Waals surface area contributed by atoms with Gasteiger partial charge in [0.05, 0.1) is 4.92 Å². The highest BCUT2D eigenvalue weighted by molar-refractivity contribution is 9.09. The monoisotopic (exact) mass is 354 g/mol. The fourth-order valence-electron chi connectivity index (χ4n) is 2.87. The number of hydrogen-bond donors (Lipinski definition) is 0. The number of halogens is 1. The van der Waals surface area contributed by atoms with Crippen molar-refractivity contribution in [1.29, 1.82) is 0 Å². The summed E-state index contributed by atoms with van der Waals surface area (Å²) in [5, 5.41) is 11.6. The number of nitro benzene ring substituents is 1. The van der Waals surface area contributed by atoms with Crippen LogP contribution < -0.4 is 0 Å². The van der Waals surface area contributed by atoms with Crippen molar-refractivity contribution in [3.05, 3.63) is 39.4 Å². The van der Waals surface area contributed by atoms with Crippen LogP contribution in [-0.2, 0) is 0 Å². The van der Waals surface area contributed by atoms with E-state index in [9.17, 15) is 14.9 Å². The minimum Gasteiger partial charge on any atom is -0.335 e. The number of benzene rings is 1. The number of hydrogen-bond acceptors (Lipinski definition) is 3. The number of amides is 1. The first-order valence-electron chi connectivity index (χ1n) is 7.16. The van der Waals surface area contributed by atoms with Gasteiger partial charge >= 0.3 is 0 Å². The SMILES string of the molecule is Cc1ccc([N+](=O)[O-])cc1C(=O)N(CCBr)C1CCCC1. The number of carbonyl (C=O) groups is 1. The van der Waals surface area contributed by atoms with Gasteiger partial charge in [-0.05, 0) is 25.3 Å². The summed E-state index contributed by atoms with van der Waals surface area (Å²) in [5.74, 6) is -0.0949. The second-order valence-corrected chi connectivity index (χ2v) is 6.18. The number of nitrogens with zero attached hydrogens (tertiary/aromatic N) is 2. The van der Waals surface area contributed by atoms with Gasteiger partial charge in [-0.3, -0.25) is 14.9 Å². The second-order valence-electron chi connectivity index (χ2n) is 5.38. The highest BCUT2D eigenvalue weighted by Crippen LogP contribution is 2.27. The molecule has 2 rings (SSSR count). The van der Waals surface area contributed by atoms with Gasteiger partial charge < -0.3 is 4.90 Å². The summed E-state index contributed by atoms with van der Waals surface area (Å²) in [6, 6.07) is 4.74. The van der Waals surface area contributed by atoms with Crippen molar-refractivity contribution in [1.82, 2.24) is 4.90 Å². The molecule has 114 valence electrons. The van der Waals surface area contributed by atoms with E-state index in [1.807, 2.05) is 11.8 Å². The number of carbonyl (C=O) groups excluding carboxylic acids is 1. The molecule has 0 heterocycles. The number of aryl methyl sites for hydroxylation is 1. The van der Waals surface area contributed by atoms with E-state index >= 15 is 0 Å². The molecule has 0 radical (unpaired) electrons. The van der Waals surface area contributed by atoms with Gasteiger partial charge in [-0.25, -0.2) is 0 Å². The Labute approximate surface area is 132 Å². The zero-order chi connectivity index (χ0) is 15.4. The minimum atomic E-state index is -0.458. The predicted octanol–water partition coefficient (Wildman–Crippen LogP) is 3.68. The van der Waals surface area contributed by atoms with Crippen LogP contribution in [0, 0.1) is 17.0 Å². The van der Waals surface area contributed by atoms with Gasteiger partial charge in [0.25, 0.3) is 11.6 Å². The smallest absolute Gasteiger partial charge is 0.270 e. The Morgan fingerprint density at radius 3 is 2.67 bits per heavy atom. The van der Waals surface area contributed by atoms with E-state index in [1.54, 1.807) is 6.07 Å². The summed E-state index contributed by atoms with van der Waals surface area (Å²) in [6.07, 6.45) is 4.33. The molecule has 1 fully saturated rings. The van der Waals surface area contributed by atoms with Gasteiger partial charge in [0.15, 0.2) is 0 Å². The summed E-state index contributed by atoms with van der Waals surface area (Å²) >= 11 is 3.39. The molecule has 0 aromatic heterocycles. The fraction of sp³-hybridized carbons (Fsp3) is 0.533. The molecule has 1 aromatic rings. The topological polar surface area (TPSA) is 63.5 Å². The second kappa shape index (κ2) is 7.02. The Morgan fingerprint density at radius 2 is 2.10 bits per heavy atom. The normalized spacial score (nSPS) is 15.1. The van der Waals surface area contributed by atoms with Crippen molar-refractivity contribution in [2.75, 3.05) is 11.9 Å². The fourth-order valence-corrected chi connectivity index (χ4v) is 3.25. The van der Waals surface area contributed by atoms with Crippen LogP contribution in [0.4, 0.5) is 5.69 Å². The van der Waals surface area contributed by atoms with Crippen LogP contribution in [0.3, 0.4) is 0 Å². The van der Waals surface area contributed by atoms with Gasteiger partial charge in [0.2, 0.25) is 0 Å². The molecule has 1 aliphatic rings. The third-order valence-electron chi connectivity index (χ3n) is 4.01. The van der Waals surface area contributed by atoms with E-state index in [-0.39, 0.29) is 17.6 Å². The Morgan fingerprint density at radius 1 is 1.43 bits per heavy atom. The summed E-state index contributed by atoms with van der Waals surface area (Å²) in [6.45, 7) is 2.45. The first-order valence-corrected chi connectivity index (χ1v) is 8.28. The van der Waals surface area contributed by atoms with Crippen LogP contribution >= 0.6 is 15.9 Å². The van der Waals surface area contributed by atoms with Gasteiger partial charge in [0, 0.05) is 35.6 Å². The third-order valence-corrected chi connectivity index (χ3v) is 4.37. The zero-order valence-electron chi connectivity index (χ0n) is 12.0. The number of nitro groups is 1. The molecule has 0 N–H and O–H groups in total. The van der Waals surface area contributed by atoms with E-state index in [1.165, 1.54) is 12.1 Å². The molecule has 21 heavy (non-hydrogen) atoms. The largest absolute Gasteiger partial charge is 0.335 e. The predicted molar refractivity (Wildman–Crippen MR) is 84.9 cm³/mol. The molecule has 0 bridgehead atoms. The van der Waals surface area contributed by atoms with Crippen LogP contribution in [0.15, 0.2) is 18.2 Å². The number of alkyl halides is 1. The maximum atomic E-state index is 12.8. The van der Waals surface area contributed by atoms with Gasteiger partial charge in [-0.15, -0.1) is 0 Å². The van der Waals surface area contributed by atoms with Crippen LogP contribution in [0.1, 0.15) is 41.6 Å². The summed E-state index contributed by atoms with van der Waals surface area (Å²) in [7, 11) is 0. The van der Waals surface area contributed by atoms with E-state index in [4.69, 9.17) is 0 Å². The summed E-state index contributed by atoms with van der Waals surface area (Å²) < 4.78 is 0. The molecule has 1 aromatic carbocycles. The Bertz CT molecular complexity index is 542. The molecule has 0 unspecified atom stereocenters. The van der Waals surface area contributed by atoms with Crippen LogP contribution in [0.2, 0.25) is 0 Å². The maximum absolute atomic E-state index is 12.8. The molecular formula is C15H19BrN2O3. The van der Waals surface area contributed by atoms with Crippen molar-refractivity contribution >= 4 is 27.5 Å². The molecule has 1 amide bonds. The highest BCUT2D eigenvalue weighted by Gasteiger charge is 2.28. The zero-order valence-corrected chi connectivity index (χ0v) is 13.6. The third kappa shape index (κ3) is 3.61. The molecule has 6 heteroatoms. The van der Waals surface area contributed by atoms with E-state index in [2.05, 4.69) is 15.9 Å². The van der Waals surface area contributed by atoms with Crippen LogP contribution in [0.5, 0.6) is 0 Å². The summed E-state index contributed by atoms with van der Waals surface area (Å²) in [4.78, 5) is 25.1. The molecule has 0 saturated heterocycles. The molecule has 0 spiro atoms. The Kier molecular flexibility index (Phi) is 5.33. The molecule has 0 aliphatic heterocycles. The molecular weight excluding hydrogens is 336 g/mol. The van der Waals surface area contributed by atoms with Gasteiger partial charge in [-0.1, -0.05) is 34.8 Å². The number of rotatable bonds is 5. The Balaban J connectivity index is 2.31. The standard InChI is InChI=1S/C15H19BrN2O3/c1-11-6-7-13(18(20)21)10-14(11)15(19)17(9-8-16)12-4-2-3-5-12/h6-7,10,12H,2-5,8-9H2,1H3. The van der Waals surface area contributed by atoms with E-state index in [0.717, 1.165) is 31.2 Å². The van der Waals surface area contributed by atoms with Crippen molar-refractivity contribution in [2.24, 2.45) is 0 Å². The van der Waals surface area contributed by atoms with Gasteiger partial charge in [-0.2, -0.15) is 0 Å². The van der Waals surface area contributed by atoms with Crippen molar-refractivity contribution in [2.45, 2.75) is 38.6 Å². The average Bonchev–Trinajstić information content (AvgIpc) is 2.98. The summed E-state index contributed by atoms with van der Waals surface area (Å²) in [5.41, 5.74) is 1.19. The van der Waals surface area contributed by atoms with E-state index in [0.29, 0.717) is 17.4 Å². The first kappa shape index (κ1) is 15.9. The molecule has 0 atom stereocenters. The van der Waals surface area contributed by atoms with Crippen molar-refractivity contribution in [3.8, 4) is 0 Å². The Hall–Kier alpha value is -1.43. The van der Waals surface area contributed by atoms with Crippen LogP contribution in [-0.4, -0.2) is 33.6 Å². The number of non-ortho nitro benzene ring substituents is 1. The quantitative estimate of drug-likeness (QED) is 0.460. The highest BCUT2D eigenvalue weighted by atomic mass is 79.9. The van der Waals surface area contributed by atoms with E-state index < -0.39 is 4.92 Å². The molecule has 5 nitrogen and oxygen atoms in total. The van der Waals surface area contributed by atoms with Crippen molar-refractivity contribution < 1.29 is 9.72 Å². The molecule has 1 aliphatic carbocycles. The van der Waals surface area contributed by atoms with Gasteiger partial charge in [0.1, 0.15) is 0 Å². The average molecular weight is 355 g/mol. The minimum absolute atomic E-state index is 0.0332. The maximum Gasteiger partial charge on any atom is 0.270 e. The lowest BCUT2D eigenvalue weighted by Crippen LogP contribution is -2.40.